The molecule has 0 aliphatic rings. The van der Waals surface area contributed by atoms with E-state index in [0.717, 1.165) is 0 Å². The number of hydrogen-bond donors (Lipinski definition) is 20. The Bertz CT molecular complexity index is 108. The Hall–Kier alpha value is -0.650. The van der Waals surface area contributed by atoms with Crippen molar-refractivity contribution in [2.75, 3.05) is 0 Å². The van der Waals surface area contributed by atoms with Crippen molar-refractivity contribution in [1.82, 2.24) is 0 Å². The minimum atomic E-state index is -2.17. The van der Waals surface area contributed by atoms with Crippen LogP contribution in [0, 0.1) is 0 Å². The van der Waals surface area contributed by atoms with E-state index in [1.165, 1.54) is 0 Å². The first-order chi connectivity index (χ1) is 11.4. The average molecular weight is 511 g/mol. The lowest BCUT2D eigenvalue weighted by atomic mass is 10.3. The van der Waals surface area contributed by atoms with E-state index < -0.39 is 43.9 Å². The minimum absolute atomic E-state index is 0. The van der Waals surface area contributed by atoms with Crippen molar-refractivity contribution in [1.29, 1.82) is 0 Å². The van der Waals surface area contributed by atoms with Gasteiger partial charge in [-0.2, -0.15) is 0 Å². The highest BCUT2D eigenvalue weighted by Crippen LogP contribution is 1.42. The molecule has 0 rings (SSSR count). The fourth-order valence-corrected chi connectivity index (χ4v) is 0. The summed E-state index contributed by atoms with van der Waals surface area (Å²) in [6, 6.07) is 0. The number of rotatable bonds is 0. The Kier molecular flexibility index (Phi) is 233. The van der Waals surface area contributed by atoms with Crippen LogP contribution in [0.1, 0.15) is 0 Å². The van der Waals surface area contributed by atoms with E-state index in [-0.39, 0.29) is 32.9 Å². The van der Waals surface area contributed by atoms with Gasteiger partial charge in [0.25, 0.3) is 0 Å². The van der Waals surface area contributed by atoms with Crippen molar-refractivity contribution in [2.24, 2.45) is 11.7 Å². The molecule has 0 bridgehead atoms. The third kappa shape index (κ3) is 55800. The number of nitrogens with two attached hydrogens (primary N) is 2. The molecule has 0 aliphatic heterocycles. The van der Waals surface area contributed by atoms with E-state index in [4.69, 9.17) is 90.4 Å². The van der Waals surface area contributed by atoms with Crippen LogP contribution in [0.15, 0.2) is 0 Å². The molecule has 0 saturated heterocycles. The van der Waals surface area contributed by atoms with Crippen LogP contribution in [-0.2, 0) is 0 Å². The van der Waals surface area contributed by atoms with Crippen LogP contribution >= 0.6 is 0 Å². The molecule has 206 valence electrons. The Morgan fingerprint density at radius 2 is 0.219 bits per heavy atom. The van der Waals surface area contributed by atoms with Gasteiger partial charge in [0, 0.05) is 0 Å². The summed E-state index contributed by atoms with van der Waals surface area (Å²) in [7, 11) is -13.0. The van der Waals surface area contributed by atoms with Crippen molar-refractivity contribution in [2.45, 2.75) is 0 Å². The highest BCUT2D eigenvalue weighted by atomic mass is 16.5. The van der Waals surface area contributed by atoms with E-state index in [1.807, 2.05) is 0 Å². The normalized spacial score (nSPS) is 5.25. The molecule has 0 aromatic carbocycles. The van der Waals surface area contributed by atoms with Crippen LogP contribution in [0.4, 0.5) is 0 Å². The van der Waals surface area contributed by atoms with Crippen molar-refractivity contribution in [3.8, 4) is 0 Å². The quantitative estimate of drug-likeness (QED) is 0.0814. The number of hydrogen-bond acceptors (Lipinski definition) is 20. The molecular weight excluding hydrogens is 477 g/mol. The molecule has 0 radical (unpaired) electrons. The van der Waals surface area contributed by atoms with Crippen LogP contribution < -0.4 is 11.7 Å². The lowest BCUT2D eigenvalue weighted by molar-refractivity contribution is 0.276. The second-order valence-electron chi connectivity index (χ2n) is 2.08. The molecule has 0 amide bonds. The monoisotopic (exact) mass is 512 g/mol. The molecule has 0 heterocycles. The maximum absolute atomic E-state index is 7.17. The zero-order valence-electron chi connectivity index (χ0n) is 15.7. The summed E-state index contributed by atoms with van der Waals surface area (Å²) in [5.74, 6) is 8.00. The molecule has 34 N–H and O–H groups in total. The van der Waals surface area contributed by atoms with Crippen molar-refractivity contribution in [3.63, 3.8) is 0 Å². The SMILES string of the molecule is NN.O.O.O.O.O.O.OB(O)O.OB(O)O.OB(O)O.OB(O)O.OB(O)O.OB(O)O. The first-order valence-electron chi connectivity index (χ1n) is 4.98. The van der Waals surface area contributed by atoms with Gasteiger partial charge in [-0.3, -0.25) is 11.7 Å². The lowest BCUT2D eigenvalue weighted by Gasteiger charge is -1.69. The standard InChI is InChI=1S/6BH3O3.H4N2.6H2O/c6*2-1(3)4;1-2;;;;;;/h6*2-4H;1-2H2;6*1H2. The van der Waals surface area contributed by atoms with Gasteiger partial charge in [-0.25, -0.2) is 0 Å². The van der Waals surface area contributed by atoms with Crippen LogP contribution in [-0.4, -0.2) is 167 Å². The molecule has 0 fully saturated rings. The topological polar surface area (TPSA) is 605 Å². The van der Waals surface area contributed by atoms with Gasteiger partial charge in [0.1, 0.15) is 0 Å². The van der Waals surface area contributed by atoms with Crippen molar-refractivity contribution < 1.29 is 123 Å². The second kappa shape index (κ2) is 86.9. The average Bonchev–Trinajstić information content (AvgIpc) is 2.25. The zero-order chi connectivity index (χ0) is 23.5. The van der Waals surface area contributed by atoms with E-state index in [1.54, 1.807) is 0 Å². The van der Waals surface area contributed by atoms with Gasteiger partial charge in [0.05, 0.1) is 0 Å². The van der Waals surface area contributed by atoms with Crippen LogP contribution in [0.2, 0.25) is 0 Å². The molecule has 0 saturated carbocycles. The molecule has 32 heteroatoms. The summed E-state index contributed by atoms with van der Waals surface area (Å²) >= 11 is 0. The predicted octanol–water partition coefficient (Wildman–Crippen LogP) is -18.4. The Morgan fingerprint density at radius 3 is 0.219 bits per heavy atom. The highest BCUT2D eigenvalue weighted by Gasteiger charge is 1.94. The molecule has 0 aromatic heterocycles. The van der Waals surface area contributed by atoms with Crippen LogP contribution in [0.25, 0.3) is 0 Å². The summed E-state index contributed by atoms with van der Waals surface area (Å²) in [5, 5.41) is 129. The Balaban J connectivity index is -0.0000000117. The van der Waals surface area contributed by atoms with Gasteiger partial charge >= 0.3 is 43.9 Å². The Labute approximate surface area is 180 Å². The Morgan fingerprint density at radius 1 is 0.219 bits per heavy atom. The lowest BCUT2D eigenvalue weighted by Crippen LogP contribution is -2.07. The fraction of sp³-hybridized carbons (Fsp3) is 0. The van der Waals surface area contributed by atoms with Gasteiger partial charge in [-0.05, 0) is 0 Å². The third-order valence-electron chi connectivity index (χ3n) is 0. The van der Waals surface area contributed by atoms with Gasteiger partial charge < -0.3 is 123 Å². The van der Waals surface area contributed by atoms with Gasteiger partial charge in [-0.1, -0.05) is 0 Å². The summed E-state index contributed by atoms with van der Waals surface area (Å²) in [6.07, 6.45) is 0. The summed E-state index contributed by atoms with van der Waals surface area (Å²) in [4.78, 5) is 0. The zero-order valence-corrected chi connectivity index (χ0v) is 15.7. The molecule has 32 heavy (non-hydrogen) atoms. The first kappa shape index (κ1) is 85.8. The van der Waals surface area contributed by atoms with E-state index in [9.17, 15) is 0 Å². The van der Waals surface area contributed by atoms with Crippen LogP contribution in [0.5, 0.6) is 0 Å². The molecule has 0 aromatic rings. The molecule has 0 atom stereocenters. The smallest absolute Gasteiger partial charge is 0.412 e. The molecule has 26 nitrogen and oxygen atoms in total. The van der Waals surface area contributed by atoms with E-state index >= 15 is 0 Å². The third-order valence-corrected chi connectivity index (χ3v) is 0. The van der Waals surface area contributed by atoms with Gasteiger partial charge in [0.15, 0.2) is 0 Å². The maximum Gasteiger partial charge on any atom is 0.631 e. The molecule has 0 aliphatic carbocycles. The van der Waals surface area contributed by atoms with Crippen molar-refractivity contribution in [3.05, 3.63) is 0 Å². The largest absolute Gasteiger partial charge is 0.631 e. The maximum atomic E-state index is 7.17. The van der Waals surface area contributed by atoms with Crippen molar-refractivity contribution >= 4 is 43.9 Å². The minimum Gasteiger partial charge on any atom is -0.412 e. The van der Waals surface area contributed by atoms with E-state index in [2.05, 4.69) is 11.7 Å². The summed E-state index contributed by atoms with van der Waals surface area (Å²) < 4.78 is 0. The van der Waals surface area contributed by atoms with E-state index in [0.29, 0.717) is 0 Å². The molecule has 0 unspecified atom stereocenters. The second-order valence-corrected chi connectivity index (χ2v) is 2.08. The fourth-order valence-electron chi connectivity index (χ4n) is 0. The number of hydrazine groups is 1. The van der Waals surface area contributed by atoms with Crippen LogP contribution in [0.3, 0.4) is 0 Å². The molecule has 0 spiro atoms. The summed E-state index contributed by atoms with van der Waals surface area (Å²) in [5.41, 5.74) is 0. The first-order valence-corrected chi connectivity index (χ1v) is 4.98. The predicted molar refractivity (Wildman–Crippen MR) is 105 cm³/mol. The van der Waals surface area contributed by atoms with Gasteiger partial charge in [-0.15, -0.1) is 0 Å². The molecular formula is H34B6N2O24. The van der Waals surface area contributed by atoms with Gasteiger partial charge in [0.2, 0.25) is 0 Å². The highest BCUT2D eigenvalue weighted by molar-refractivity contribution is 6.31. The summed E-state index contributed by atoms with van der Waals surface area (Å²) in [6.45, 7) is 0.